The molecule has 3 aromatic rings. The van der Waals surface area contributed by atoms with Gasteiger partial charge in [-0.3, -0.25) is 0 Å². The summed E-state index contributed by atoms with van der Waals surface area (Å²) in [6.07, 6.45) is 4.91. The molecule has 0 nitrogen and oxygen atoms in total. The van der Waals surface area contributed by atoms with Crippen molar-refractivity contribution >= 4 is 0 Å². The molecule has 0 saturated heterocycles. The Morgan fingerprint density at radius 2 is 1.41 bits per heavy atom. The molecule has 0 aliphatic heterocycles. The zero-order valence-corrected chi connectivity index (χ0v) is 17.1. The van der Waals surface area contributed by atoms with E-state index in [1.807, 2.05) is 25.1 Å². The Bertz CT molecular complexity index is 1080. The molecule has 0 radical (unpaired) electrons. The first kappa shape index (κ1) is 20.4. The van der Waals surface area contributed by atoms with E-state index < -0.39 is 0 Å². The van der Waals surface area contributed by atoms with Gasteiger partial charge in [-0.25, -0.2) is 4.39 Å². The number of benzene rings is 3. The Labute approximate surface area is 173 Å². The van der Waals surface area contributed by atoms with Gasteiger partial charge in [0.05, 0.1) is 0 Å². The summed E-state index contributed by atoms with van der Waals surface area (Å²) in [5, 5.41) is 0. The van der Waals surface area contributed by atoms with Crippen LogP contribution >= 0.6 is 0 Å². The molecular weight excluding hydrogens is 355 g/mol. The lowest BCUT2D eigenvalue weighted by atomic mass is 10.0. The largest absolute Gasteiger partial charge is 0.207 e. The second kappa shape index (κ2) is 10.3. The highest BCUT2D eigenvalue weighted by atomic mass is 19.1. The molecule has 3 rings (SSSR count). The second-order valence-electron chi connectivity index (χ2n) is 7.19. The van der Waals surface area contributed by atoms with Crippen LogP contribution in [-0.4, -0.2) is 0 Å². The molecule has 0 saturated carbocycles. The third kappa shape index (κ3) is 6.38. The smallest absolute Gasteiger partial charge is 0.124 e. The number of unbranched alkanes of at least 4 members (excludes halogenated alkanes) is 2. The Balaban J connectivity index is 1.68. The van der Waals surface area contributed by atoms with Crippen LogP contribution in [0.5, 0.6) is 0 Å². The van der Waals surface area contributed by atoms with Crippen LogP contribution in [0.3, 0.4) is 0 Å². The van der Waals surface area contributed by atoms with Gasteiger partial charge in [-0.2, -0.15) is 0 Å². The number of rotatable bonds is 4. The SMILES string of the molecule is CCCCCc1ccc(C#Cc2ccc(C#Cc3cccc(F)c3)c(C)c2)cc1. The minimum Gasteiger partial charge on any atom is -0.207 e. The van der Waals surface area contributed by atoms with E-state index in [0.717, 1.165) is 28.7 Å². The van der Waals surface area contributed by atoms with Crippen LogP contribution in [-0.2, 0) is 6.42 Å². The monoisotopic (exact) mass is 380 g/mol. The van der Waals surface area contributed by atoms with E-state index in [4.69, 9.17) is 0 Å². The molecule has 0 atom stereocenters. The molecule has 0 N–H and O–H groups in total. The fourth-order valence-electron chi connectivity index (χ4n) is 3.07. The minimum atomic E-state index is -0.270. The van der Waals surface area contributed by atoms with E-state index in [0.29, 0.717) is 5.56 Å². The molecule has 0 aliphatic carbocycles. The highest BCUT2D eigenvalue weighted by Crippen LogP contribution is 2.12. The summed E-state index contributed by atoms with van der Waals surface area (Å²) in [4.78, 5) is 0. The summed E-state index contributed by atoms with van der Waals surface area (Å²) in [6.45, 7) is 4.25. The van der Waals surface area contributed by atoms with Crippen molar-refractivity contribution in [1.29, 1.82) is 0 Å². The van der Waals surface area contributed by atoms with Crippen molar-refractivity contribution < 1.29 is 4.39 Å². The molecule has 0 fully saturated rings. The summed E-state index contributed by atoms with van der Waals surface area (Å²) >= 11 is 0. The lowest BCUT2D eigenvalue weighted by Gasteiger charge is -2.01. The lowest BCUT2D eigenvalue weighted by molar-refractivity contribution is 0.627. The maximum atomic E-state index is 13.3. The van der Waals surface area contributed by atoms with Gasteiger partial charge >= 0.3 is 0 Å². The predicted octanol–water partition coefficient (Wildman–Crippen LogP) is 6.67. The van der Waals surface area contributed by atoms with Gasteiger partial charge in [-0.05, 0) is 79.4 Å². The number of halogens is 1. The molecule has 0 amide bonds. The molecule has 0 spiro atoms. The summed E-state index contributed by atoms with van der Waals surface area (Å²) in [5.74, 6) is 12.3. The van der Waals surface area contributed by atoms with Crippen LogP contribution in [0.1, 0.15) is 59.6 Å². The normalized spacial score (nSPS) is 9.90. The quantitative estimate of drug-likeness (QED) is 0.350. The predicted molar refractivity (Wildman–Crippen MR) is 119 cm³/mol. The van der Waals surface area contributed by atoms with Crippen molar-refractivity contribution in [2.45, 2.75) is 39.5 Å². The standard InChI is InChI=1S/C28H25F/c1-3-4-5-7-23-10-12-24(13-11-23)14-15-26-17-19-27(22(2)20-26)18-16-25-8-6-9-28(29)21-25/h6,8-13,17,19-21H,3-5,7H2,1-2H3. The van der Waals surface area contributed by atoms with Crippen molar-refractivity contribution in [1.82, 2.24) is 0 Å². The van der Waals surface area contributed by atoms with Crippen LogP contribution in [0.15, 0.2) is 66.7 Å². The van der Waals surface area contributed by atoms with Gasteiger partial charge < -0.3 is 0 Å². The highest BCUT2D eigenvalue weighted by molar-refractivity contribution is 5.51. The maximum Gasteiger partial charge on any atom is 0.124 e. The molecule has 144 valence electrons. The first-order valence-electron chi connectivity index (χ1n) is 10.1. The minimum absolute atomic E-state index is 0.270. The zero-order valence-electron chi connectivity index (χ0n) is 17.1. The third-order valence-electron chi connectivity index (χ3n) is 4.77. The fraction of sp³-hybridized carbons (Fsp3) is 0.214. The van der Waals surface area contributed by atoms with Crippen LogP contribution in [0, 0.1) is 36.4 Å². The van der Waals surface area contributed by atoms with Crippen LogP contribution < -0.4 is 0 Å². The van der Waals surface area contributed by atoms with Crippen LogP contribution in [0.2, 0.25) is 0 Å². The summed E-state index contributed by atoms with van der Waals surface area (Å²) < 4.78 is 13.3. The topological polar surface area (TPSA) is 0 Å². The lowest BCUT2D eigenvalue weighted by Crippen LogP contribution is -1.86. The van der Waals surface area contributed by atoms with Gasteiger partial charge in [0.15, 0.2) is 0 Å². The van der Waals surface area contributed by atoms with Crippen molar-refractivity contribution in [3.05, 3.63) is 106 Å². The molecule has 0 heterocycles. The fourth-order valence-corrected chi connectivity index (χ4v) is 3.07. The Hall–Kier alpha value is -3.29. The molecule has 0 unspecified atom stereocenters. The van der Waals surface area contributed by atoms with Gasteiger partial charge in [0.1, 0.15) is 5.82 Å². The van der Waals surface area contributed by atoms with E-state index in [1.54, 1.807) is 12.1 Å². The van der Waals surface area contributed by atoms with E-state index >= 15 is 0 Å². The molecular formula is C28H25F. The average molecular weight is 381 g/mol. The summed E-state index contributed by atoms with van der Waals surface area (Å²) in [6, 6.07) is 20.9. The summed E-state index contributed by atoms with van der Waals surface area (Å²) in [7, 11) is 0. The third-order valence-corrected chi connectivity index (χ3v) is 4.77. The van der Waals surface area contributed by atoms with Gasteiger partial charge in [-0.1, -0.05) is 61.6 Å². The zero-order chi connectivity index (χ0) is 20.5. The molecule has 0 bridgehead atoms. The van der Waals surface area contributed by atoms with Gasteiger partial charge in [0, 0.05) is 22.3 Å². The van der Waals surface area contributed by atoms with Crippen LogP contribution in [0.4, 0.5) is 4.39 Å². The number of hydrogen-bond donors (Lipinski definition) is 0. The van der Waals surface area contributed by atoms with E-state index in [1.165, 1.54) is 37.0 Å². The van der Waals surface area contributed by atoms with Gasteiger partial charge in [0.2, 0.25) is 0 Å². The van der Waals surface area contributed by atoms with E-state index in [-0.39, 0.29) is 5.82 Å². The highest BCUT2D eigenvalue weighted by Gasteiger charge is 1.97. The molecule has 0 aliphatic rings. The average Bonchev–Trinajstić information content (AvgIpc) is 2.73. The summed E-state index contributed by atoms with van der Waals surface area (Å²) in [5.41, 5.74) is 6.03. The van der Waals surface area contributed by atoms with Crippen molar-refractivity contribution in [2.75, 3.05) is 0 Å². The second-order valence-corrected chi connectivity index (χ2v) is 7.19. The Morgan fingerprint density at radius 3 is 2.14 bits per heavy atom. The van der Waals surface area contributed by atoms with E-state index in [9.17, 15) is 4.39 Å². The van der Waals surface area contributed by atoms with Crippen molar-refractivity contribution in [3.63, 3.8) is 0 Å². The Morgan fingerprint density at radius 1 is 0.724 bits per heavy atom. The van der Waals surface area contributed by atoms with Crippen LogP contribution in [0.25, 0.3) is 0 Å². The van der Waals surface area contributed by atoms with Crippen molar-refractivity contribution in [2.24, 2.45) is 0 Å². The number of hydrogen-bond acceptors (Lipinski definition) is 0. The van der Waals surface area contributed by atoms with Crippen molar-refractivity contribution in [3.8, 4) is 23.7 Å². The first-order valence-corrected chi connectivity index (χ1v) is 10.1. The molecule has 29 heavy (non-hydrogen) atoms. The van der Waals surface area contributed by atoms with E-state index in [2.05, 4.69) is 54.9 Å². The first-order chi connectivity index (χ1) is 14.1. The van der Waals surface area contributed by atoms with Gasteiger partial charge in [-0.15, -0.1) is 0 Å². The number of aryl methyl sites for hydroxylation is 2. The molecule has 0 aromatic heterocycles. The molecule has 1 heteroatoms. The maximum absolute atomic E-state index is 13.3. The Kier molecular flexibility index (Phi) is 7.27. The molecule has 3 aromatic carbocycles. The van der Waals surface area contributed by atoms with Gasteiger partial charge in [0.25, 0.3) is 0 Å².